The first kappa shape index (κ1) is 83.2. The summed E-state index contributed by atoms with van der Waals surface area (Å²) in [7, 11) is 0.500. The number of halogens is 26. The molecule has 0 atom stereocenters. The van der Waals surface area contributed by atoms with Gasteiger partial charge >= 0.3 is 0 Å². The third kappa shape index (κ3) is 28.1. The zero-order chi connectivity index (χ0) is 71.2. The predicted molar refractivity (Wildman–Crippen MR) is 297 cm³/mol. The molecule has 0 fully saturated rings. The molecular weight excluding hydrogens is 1290 g/mol. The van der Waals surface area contributed by atoms with Crippen molar-refractivity contribution in [3.05, 3.63) is 317 Å². The first-order chi connectivity index (χ1) is 42.7. The van der Waals surface area contributed by atoms with Crippen molar-refractivity contribution >= 4 is 0 Å². The van der Waals surface area contributed by atoms with E-state index in [1.165, 1.54) is 82.3 Å². The smallest absolute Gasteiger partial charge is 0.255 e. The minimum Gasteiger partial charge on any atom is -0.255 e. The Morgan fingerprint density at radius 3 is 0.946 bits per heavy atom. The molecule has 0 aliphatic carbocycles. The highest BCUT2D eigenvalue weighted by Gasteiger charge is 2.23. The molecule has 0 nitrogen and oxygen atoms in total. The van der Waals surface area contributed by atoms with Crippen molar-refractivity contribution in [2.45, 2.75) is 75.2 Å². The second-order valence-electron chi connectivity index (χ2n) is 18.4. The molecule has 0 spiro atoms. The van der Waals surface area contributed by atoms with E-state index in [1.807, 2.05) is 13.8 Å². The monoisotopic (exact) mass is 1340 g/mol. The van der Waals surface area contributed by atoms with Crippen LogP contribution in [0.5, 0.6) is 0 Å². The maximum atomic E-state index is 12.4. The van der Waals surface area contributed by atoms with E-state index >= 15 is 0 Å². The highest BCUT2D eigenvalue weighted by molar-refractivity contribution is 5.26. The zero-order valence-corrected chi connectivity index (χ0v) is 49.7. The molecule has 0 aromatic heterocycles. The molecule has 0 saturated carbocycles. The standard InChI is InChI=1S/2C8H8F2.C7H3F5.C7H4F4.2C7H5F3.3C7H6F2.CH3F/c2*1-6-2-4-7(5-3-6)8(9)10;1-2-3(8)5(10)7(12)6(11)4(2)9;1-3-2-4(8)6(10)7(11)5(3)9;1-4-2-6(9)7(10)3-5(4)8;1-4-2-3-5(8)7(10)6(4)9;1-5-4-6(8)2-3-7(5)9;1-5-2-3-6(8)4-7(5)9;1-5-3-2-4-6(8)7(5)9;1-2/h2*2-5,8H,1H3;1H3;2H,1H3;2*2-3H,1H3;3*2-4H,1H3;1H3. The Kier molecular flexibility index (Phi) is 36.9. The lowest BCUT2D eigenvalue weighted by atomic mass is 10.2. The summed E-state index contributed by atoms with van der Waals surface area (Å²) in [4.78, 5) is 0. The molecule has 9 aromatic rings. The molecule has 26 heteroatoms. The Morgan fingerprint density at radius 2 is 0.554 bits per heavy atom. The Morgan fingerprint density at radius 1 is 0.217 bits per heavy atom. The maximum absolute atomic E-state index is 12.4. The minimum atomic E-state index is -2.35. The topological polar surface area (TPSA) is 0 Å². The minimum absolute atomic E-state index is 0.0885. The lowest BCUT2D eigenvalue weighted by Crippen LogP contribution is -2.03. The average molecular weight is 1340 g/mol. The van der Waals surface area contributed by atoms with Gasteiger partial charge in [-0.3, -0.25) is 4.39 Å². The fourth-order valence-corrected chi connectivity index (χ4v) is 5.86. The number of rotatable bonds is 2. The van der Waals surface area contributed by atoms with Crippen LogP contribution in [-0.4, -0.2) is 7.18 Å². The van der Waals surface area contributed by atoms with Crippen LogP contribution in [-0.2, 0) is 0 Å². The summed E-state index contributed by atoms with van der Waals surface area (Å²) >= 11 is 0. The van der Waals surface area contributed by atoms with Gasteiger partial charge in [0.05, 0.1) is 7.18 Å². The van der Waals surface area contributed by atoms with Crippen LogP contribution in [0.1, 0.15) is 74.0 Å². The Labute approximate surface area is 512 Å². The van der Waals surface area contributed by atoms with Gasteiger partial charge in [0.1, 0.15) is 29.1 Å². The van der Waals surface area contributed by atoms with E-state index in [0.717, 1.165) is 67.4 Å². The largest absolute Gasteiger partial charge is 0.263 e. The van der Waals surface area contributed by atoms with Crippen LogP contribution in [0.15, 0.2) is 133 Å². The van der Waals surface area contributed by atoms with Crippen LogP contribution in [0, 0.1) is 184 Å². The molecule has 0 aliphatic rings. The molecular formula is C66H54F26. The number of hydrogen-bond acceptors (Lipinski definition) is 0. The lowest BCUT2D eigenvalue weighted by molar-refractivity contribution is 0.151. The number of benzene rings is 9. The number of hydrogen-bond donors (Lipinski definition) is 0. The zero-order valence-electron chi connectivity index (χ0n) is 49.7. The first-order valence-corrected chi connectivity index (χ1v) is 25.6. The fraction of sp³-hybridized carbons (Fsp3) is 0.182. The summed E-state index contributed by atoms with van der Waals surface area (Å²) in [5.74, 6) is -25.6. The summed E-state index contributed by atoms with van der Waals surface area (Å²) in [5.41, 5.74) is 2.44. The van der Waals surface area contributed by atoms with Crippen LogP contribution in [0.3, 0.4) is 0 Å². The summed E-state index contributed by atoms with van der Waals surface area (Å²) in [6.45, 7) is 13.1. The van der Waals surface area contributed by atoms with Crippen LogP contribution in [0.25, 0.3) is 0 Å². The Hall–Kier alpha value is -8.84. The molecule has 0 N–H and O–H groups in total. The van der Waals surface area contributed by atoms with Crippen molar-refractivity contribution in [2.75, 3.05) is 7.18 Å². The second kappa shape index (κ2) is 40.8. The average Bonchev–Trinajstić information content (AvgIpc) is 0.879. The van der Waals surface area contributed by atoms with E-state index in [-0.39, 0.29) is 33.6 Å². The molecule has 0 heterocycles. The van der Waals surface area contributed by atoms with Crippen molar-refractivity contribution in [3.63, 3.8) is 0 Å². The van der Waals surface area contributed by atoms with E-state index < -0.39 is 135 Å². The highest BCUT2D eigenvalue weighted by Crippen LogP contribution is 2.23. The van der Waals surface area contributed by atoms with Crippen molar-refractivity contribution in [1.29, 1.82) is 0 Å². The van der Waals surface area contributed by atoms with Gasteiger partial charge in [-0.2, -0.15) is 0 Å². The second-order valence-corrected chi connectivity index (χ2v) is 18.4. The molecule has 0 radical (unpaired) electrons. The number of aryl methyl sites for hydroxylation is 8. The third-order valence-corrected chi connectivity index (χ3v) is 11.2. The van der Waals surface area contributed by atoms with E-state index in [9.17, 15) is 114 Å². The molecule has 0 unspecified atom stereocenters. The van der Waals surface area contributed by atoms with Gasteiger partial charge in [-0.1, -0.05) is 83.9 Å². The van der Waals surface area contributed by atoms with Crippen LogP contribution < -0.4 is 0 Å². The lowest BCUT2D eigenvalue weighted by Gasteiger charge is -2.02. The van der Waals surface area contributed by atoms with Crippen LogP contribution >= 0.6 is 0 Å². The predicted octanol–water partition coefficient (Wildman–Crippen LogP) is 23.3. The van der Waals surface area contributed by atoms with Crippen LogP contribution in [0.4, 0.5) is 114 Å². The summed E-state index contributed by atoms with van der Waals surface area (Å²) < 4.78 is 315. The van der Waals surface area contributed by atoms with Gasteiger partial charge in [-0.15, -0.1) is 0 Å². The van der Waals surface area contributed by atoms with Crippen molar-refractivity contribution < 1.29 is 114 Å². The fourth-order valence-electron chi connectivity index (χ4n) is 5.86. The molecule has 0 bridgehead atoms. The van der Waals surface area contributed by atoms with Gasteiger partial charge in [0.25, 0.3) is 12.9 Å². The molecule has 500 valence electrons. The SMILES string of the molecule is CF.Cc1c(F)c(F)c(F)c(F)c1F.Cc1cc(F)c(F)c(F)c1F.Cc1cc(F)c(F)cc1F.Cc1cc(F)ccc1F.Cc1ccc(C(F)F)cc1.Cc1ccc(C(F)F)cc1.Cc1ccc(F)c(F)c1F.Cc1ccc(F)cc1F.Cc1cccc(F)c1F. The summed E-state index contributed by atoms with van der Waals surface area (Å²) in [6.07, 6.45) is -4.69. The molecule has 0 aliphatic heterocycles. The van der Waals surface area contributed by atoms with Gasteiger partial charge < -0.3 is 0 Å². The normalized spacial score (nSPS) is 9.93. The molecule has 0 saturated heterocycles. The van der Waals surface area contributed by atoms with Crippen molar-refractivity contribution in [1.82, 2.24) is 0 Å². The quantitative estimate of drug-likeness (QED) is 0.0919. The van der Waals surface area contributed by atoms with Gasteiger partial charge in [-0.25, -0.2) is 110 Å². The van der Waals surface area contributed by atoms with Gasteiger partial charge in [0, 0.05) is 28.8 Å². The third-order valence-electron chi connectivity index (χ3n) is 11.2. The summed E-state index contributed by atoms with van der Waals surface area (Å²) in [6, 6.07) is 27.5. The van der Waals surface area contributed by atoms with E-state index in [1.54, 1.807) is 31.2 Å². The Bertz CT molecular complexity index is 3410. The van der Waals surface area contributed by atoms with Gasteiger partial charge in [-0.05, 0) is 144 Å². The van der Waals surface area contributed by atoms with Crippen LogP contribution in [0.2, 0.25) is 0 Å². The Balaban J connectivity index is 0.00000101. The van der Waals surface area contributed by atoms with Crippen molar-refractivity contribution in [2.24, 2.45) is 0 Å². The first-order valence-electron chi connectivity index (χ1n) is 25.6. The maximum Gasteiger partial charge on any atom is 0.263 e. The van der Waals surface area contributed by atoms with Gasteiger partial charge in [0.15, 0.2) is 87.3 Å². The molecule has 92 heavy (non-hydrogen) atoms. The van der Waals surface area contributed by atoms with Crippen molar-refractivity contribution in [3.8, 4) is 0 Å². The van der Waals surface area contributed by atoms with E-state index in [0.29, 0.717) is 36.0 Å². The number of alkyl halides is 5. The summed E-state index contributed by atoms with van der Waals surface area (Å²) in [5, 5.41) is 0. The molecule has 9 rings (SSSR count). The van der Waals surface area contributed by atoms with E-state index in [2.05, 4.69) is 0 Å². The highest BCUT2D eigenvalue weighted by atomic mass is 19.3. The molecule has 0 amide bonds. The molecule has 9 aromatic carbocycles. The van der Waals surface area contributed by atoms with Gasteiger partial charge in [0.2, 0.25) is 5.82 Å². The van der Waals surface area contributed by atoms with E-state index in [4.69, 9.17) is 0 Å².